The van der Waals surface area contributed by atoms with Gasteiger partial charge in [0.15, 0.2) is 5.01 Å². The molecule has 188 valence electrons. The number of hydrogen-bond acceptors (Lipinski definition) is 5. The van der Waals surface area contributed by atoms with Crippen LogP contribution in [-0.2, 0) is 11.0 Å². The first-order valence-electron chi connectivity index (χ1n) is 11.7. The third-order valence-electron chi connectivity index (χ3n) is 6.86. The van der Waals surface area contributed by atoms with E-state index in [-0.39, 0.29) is 17.9 Å². The van der Waals surface area contributed by atoms with Gasteiger partial charge in [-0.1, -0.05) is 18.2 Å². The van der Waals surface area contributed by atoms with Crippen LogP contribution >= 0.6 is 11.3 Å². The number of nitrogens with zero attached hydrogens (tertiary/aromatic N) is 4. The fourth-order valence-electron chi connectivity index (χ4n) is 4.94. The molecule has 0 bridgehead atoms. The van der Waals surface area contributed by atoms with Crippen LogP contribution in [0.15, 0.2) is 54.0 Å². The van der Waals surface area contributed by atoms with E-state index in [1.54, 1.807) is 28.3 Å². The lowest BCUT2D eigenvalue weighted by molar-refractivity contribution is -0.137. The second-order valence-electron chi connectivity index (χ2n) is 9.11. The number of anilines is 1. The number of benzene rings is 2. The fourth-order valence-corrected chi connectivity index (χ4v) is 5.54. The molecule has 5 rings (SSSR count). The maximum absolute atomic E-state index is 13.1. The highest BCUT2D eigenvalue weighted by Gasteiger charge is 2.36. The summed E-state index contributed by atoms with van der Waals surface area (Å²) in [5, 5.41) is 2.28. The zero-order valence-corrected chi connectivity index (χ0v) is 20.5. The average Bonchev–Trinajstić information content (AvgIpc) is 3.53. The van der Waals surface area contributed by atoms with Gasteiger partial charge in [-0.05, 0) is 47.9 Å². The van der Waals surface area contributed by atoms with Gasteiger partial charge in [-0.15, -0.1) is 11.3 Å². The predicted octanol–water partition coefficient (Wildman–Crippen LogP) is 4.70. The van der Waals surface area contributed by atoms with Crippen LogP contribution in [0.1, 0.15) is 27.3 Å². The molecule has 3 aromatic rings. The fraction of sp³-hybridized carbons (Fsp3) is 0.346. The molecular weight excluding hydrogens is 489 g/mol. The Morgan fingerprint density at radius 3 is 2.53 bits per heavy atom. The molecule has 1 aromatic heterocycles. The predicted molar refractivity (Wildman–Crippen MR) is 132 cm³/mol. The topological polar surface area (TPSA) is 56.8 Å². The SMILES string of the molecule is Cc1cc(C(F)(F)F)ccc1-c1cccc(N2CC(N3CCN(C(=O)c4nccs4)CC3)CC2=O)c1. The number of alkyl halides is 3. The number of halogens is 3. The molecule has 3 heterocycles. The third-order valence-corrected chi connectivity index (χ3v) is 7.62. The van der Waals surface area contributed by atoms with Crippen molar-refractivity contribution in [2.24, 2.45) is 0 Å². The van der Waals surface area contributed by atoms with Crippen LogP contribution in [0.2, 0.25) is 0 Å². The van der Waals surface area contributed by atoms with E-state index in [1.165, 1.54) is 17.4 Å². The summed E-state index contributed by atoms with van der Waals surface area (Å²) in [5.74, 6) is -0.0354. The van der Waals surface area contributed by atoms with Gasteiger partial charge in [-0.2, -0.15) is 13.2 Å². The number of amides is 2. The molecule has 2 aliphatic heterocycles. The van der Waals surface area contributed by atoms with E-state index >= 15 is 0 Å². The first-order chi connectivity index (χ1) is 17.2. The van der Waals surface area contributed by atoms with Crippen molar-refractivity contribution < 1.29 is 22.8 Å². The van der Waals surface area contributed by atoms with Crippen molar-refractivity contribution in [2.75, 3.05) is 37.6 Å². The number of rotatable bonds is 4. The standard InChI is InChI=1S/C26H25F3N4O2S/c1-17-13-19(26(27,28)29)5-6-22(17)18-3-2-4-20(14-18)33-16-21(15-23(33)34)31-8-10-32(11-9-31)25(35)24-30-7-12-36-24/h2-7,12-14,21H,8-11,15-16H2,1H3. The molecule has 10 heteroatoms. The molecule has 2 saturated heterocycles. The molecule has 0 spiro atoms. The minimum absolute atomic E-state index is 0.0163. The maximum atomic E-state index is 13.1. The molecule has 2 fully saturated rings. The van der Waals surface area contributed by atoms with Crippen LogP contribution in [-0.4, -0.2) is 65.4 Å². The van der Waals surface area contributed by atoms with Gasteiger partial charge in [-0.3, -0.25) is 14.5 Å². The molecule has 2 aliphatic rings. The molecule has 2 aromatic carbocycles. The molecular formula is C26H25F3N4O2S. The molecule has 0 saturated carbocycles. The Bertz CT molecular complexity index is 1270. The van der Waals surface area contributed by atoms with Crippen molar-refractivity contribution in [1.29, 1.82) is 0 Å². The van der Waals surface area contributed by atoms with E-state index in [0.717, 1.165) is 23.4 Å². The second-order valence-corrected chi connectivity index (χ2v) is 10.0. The van der Waals surface area contributed by atoms with Gasteiger partial charge in [-0.25, -0.2) is 4.98 Å². The number of hydrogen-bond donors (Lipinski definition) is 0. The smallest absolute Gasteiger partial charge is 0.334 e. The number of carbonyl (C=O) groups is 2. The summed E-state index contributed by atoms with van der Waals surface area (Å²) >= 11 is 1.33. The molecule has 0 aliphatic carbocycles. The summed E-state index contributed by atoms with van der Waals surface area (Å²) in [6, 6.07) is 11.2. The Labute approximate surface area is 211 Å². The van der Waals surface area contributed by atoms with Crippen molar-refractivity contribution in [2.45, 2.75) is 25.6 Å². The van der Waals surface area contributed by atoms with Crippen molar-refractivity contribution in [3.63, 3.8) is 0 Å². The minimum atomic E-state index is -4.39. The lowest BCUT2D eigenvalue weighted by Gasteiger charge is -2.37. The minimum Gasteiger partial charge on any atom is -0.334 e. The normalized spacial score (nSPS) is 19.2. The van der Waals surface area contributed by atoms with E-state index in [9.17, 15) is 22.8 Å². The van der Waals surface area contributed by atoms with Crippen molar-refractivity contribution >= 4 is 28.8 Å². The summed E-state index contributed by atoms with van der Waals surface area (Å²) < 4.78 is 39.2. The summed E-state index contributed by atoms with van der Waals surface area (Å²) in [7, 11) is 0. The molecule has 0 radical (unpaired) electrons. The highest BCUT2D eigenvalue weighted by molar-refractivity contribution is 7.11. The Balaban J connectivity index is 1.26. The van der Waals surface area contributed by atoms with Gasteiger partial charge in [0.25, 0.3) is 5.91 Å². The van der Waals surface area contributed by atoms with Crippen LogP contribution < -0.4 is 4.90 Å². The maximum Gasteiger partial charge on any atom is 0.416 e. The number of carbonyl (C=O) groups excluding carboxylic acids is 2. The van der Waals surface area contributed by atoms with E-state index < -0.39 is 11.7 Å². The van der Waals surface area contributed by atoms with Crippen LogP contribution in [0.25, 0.3) is 11.1 Å². The van der Waals surface area contributed by atoms with Crippen molar-refractivity contribution in [3.05, 3.63) is 70.2 Å². The lowest BCUT2D eigenvalue weighted by atomic mass is 9.98. The van der Waals surface area contributed by atoms with Crippen molar-refractivity contribution in [1.82, 2.24) is 14.8 Å². The summed E-state index contributed by atoms with van der Waals surface area (Å²) in [6.45, 7) is 4.75. The number of piperazine rings is 1. The van der Waals surface area contributed by atoms with E-state index in [0.29, 0.717) is 55.3 Å². The molecule has 6 nitrogen and oxygen atoms in total. The monoisotopic (exact) mass is 514 g/mol. The summed E-state index contributed by atoms with van der Waals surface area (Å²) in [5.41, 5.74) is 2.05. The highest BCUT2D eigenvalue weighted by Crippen LogP contribution is 2.35. The van der Waals surface area contributed by atoms with Crippen LogP contribution in [0.4, 0.5) is 18.9 Å². The number of aromatic nitrogens is 1. The van der Waals surface area contributed by atoms with E-state index in [2.05, 4.69) is 9.88 Å². The average molecular weight is 515 g/mol. The molecule has 1 unspecified atom stereocenters. The quantitative estimate of drug-likeness (QED) is 0.507. The summed E-state index contributed by atoms with van der Waals surface area (Å²) in [4.78, 5) is 35.4. The van der Waals surface area contributed by atoms with Gasteiger partial charge >= 0.3 is 6.18 Å². The molecule has 1 atom stereocenters. The Morgan fingerprint density at radius 1 is 1.08 bits per heavy atom. The molecule has 36 heavy (non-hydrogen) atoms. The molecule has 0 N–H and O–H groups in total. The molecule has 2 amide bonds. The second kappa shape index (κ2) is 9.67. The number of aryl methyl sites for hydroxylation is 1. The Kier molecular flexibility index (Phi) is 6.57. The Morgan fingerprint density at radius 2 is 1.86 bits per heavy atom. The van der Waals surface area contributed by atoms with E-state index in [1.807, 2.05) is 24.3 Å². The van der Waals surface area contributed by atoms with Crippen molar-refractivity contribution in [3.8, 4) is 11.1 Å². The zero-order valence-electron chi connectivity index (χ0n) is 19.7. The van der Waals surface area contributed by atoms with Crippen LogP contribution in [0, 0.1) is 6.92 Å². The van der Waals surface area contributed by atoms with Gasteiger partial charge in [0, 0.05) is 62.5 Å². The van der Waals surface area contributed by atoms with Gasteiger partial charge < -0.3 is 9.80 Å². The van der Waals surface area contributed by atoms with Crippen LogP contribution in [0.5, 0.6) is 0 Å². The third kappa shape index (κ3) is 4.87. The first kappa shape index (κ1) is 24.5. The highest BCUT2D eigenvalue weighted by atomic mass is 32.1. The zero-order chi connectivity index (χ0) is 25.4. The summed E-state index contributed by atoms with van der Waals surface area (Å²) in [6.07, 6.45) is -2.37. The van der Waals surface area contributed by atoms with Gasteiger partial charge in [0.1, 0.15) is 0 Å². The van der Waals surface area contributed by atoms with Gasteiger partial charge in [0.2, 0.25) is 5.91 Å². The van der Waals surface area contributed by atoms with Gasteiger partial charge in [0.05, 0.1) is 5.56 Å². The number of thiazole rings is 1. The van der Waals surface area contributed by atoms with E-state index in [4.69, 9.17) is 0 Å². The largest absolute Gasteiger partial charge is 0.416 e. The lowest BCUT2D eigenvalue weighted by Crippen LogP contribution is -2.52. The first-order valence-corrected chi connectivity index (χ1v) is 12.6. The Hall–Kier alpha value is -3.24. The van der Waals surface area contributed by atoms with Crippen LogP contribution in [0.3, 0.4) is 0 Å².